The Bertz CT molecular complexity index is 1000. The highest BCUT2D eigenvalue weighted by Gasteiger charge is 2.22. The van der Waals surface area contributed by atoms with Gasteiger partial charge in [0, 0.05) is 0 Å². The van der Waals surface area contributed by atoms with Crippen LogP contribution in [0.4, 0.5) is 17.1 Å². The lowest BCUT2D eigenvalue weighted by atomic mass is 10.2. The zero-order chi connectivity index (χ0) is 18.9. The third-order valence-corrected chi connectivity index (χ3v) is 5.13. The van der Waals surface area contributed by atoms with Crippen molar-refractivity contribution in [1.82, 2.24) is 0 Å². The Kier molecular flexibility index (Phi) is 4.56. The van der Waals surface area contributed by atoms with Crippen molar-refractivity contribution in [3.05, 3.63) is 42.0 Å². The molecule has 0 radical (unpaired) electrons. The molecule has 3 rings (SSSR count). The molecule has 1 aliphatic rings. The van der Waals surface area contributed by atoms with Crippen LogP contribution in [-0.2, 0) is 19.6 Å². The van der Waals surface area contributed by atoms with Crippen molar-refractivity contribution in [2.45, 2.75) is 18.2 Å². The molecule has 0 saturated carbocycles. The molecule has 0 fully saturated rings. The van der Waals surface area contributed by atoms with E-state index in [1.165, 1.54) is 25.3 Å². The van der Waals surface area contributed by atoms with E-state index >= 15 is 0 Å². The third-order valence-electron chi connectivity index (χ3n) is 3.77. The number of carbonyl (C=O) groups excluding carboxylic acids is 2. The zero-order valence-electron chi connectivity index (χ0n) is 14.1. The minimum absolute atomic E-state index is 0.0590. The first-order valence-electron chi connectivity index (χ1n) is 7.70. The van der Waals surface area contributed by atoms with E-state index in [1.807, 2.05) is 6.92 Å². The Morgan fingerprint density at radius 1 is 1.00 bits per heavy atom. The number of carbonyl (C=O) groups is 2. The van der Waals surface area contributed by atoms with Gasteiger partial charge in [-0.25, -0.2) is 8.42 Å². The average molecular weight is 375 g/mol. The highest BCUT2D eigenvalue weighted by Crippen LogP contribution is 2.31. The second-order valence-corrected chi connectivity index (χ2v) is 7.47. The largest absolute Gasteiger partial charge is 0.495 e. The molecule has 1 aliphatic heterocycles. The van der Waals surface area contributed by atoms with Crippen LogP contribution >= 0.6 is 0 Å². The average Bonchev–Trinajstić information content (AvgIpc) is 2.70. The first kappa shape index (κ1) is 17.7. The number of amides is 2. The molecule has 0 spiro atoms. The Balaban J connectivity index is 1.97. The van der Waals surface area contributed by atoms with Crippen molar-refractivity contribution in [3.63, 3.8) is 0 Å². The number of aryl methyl sites for hydroxylation is 1. The fraction of sp³-hybridized carbons (Fsp3) is 0.176. The van der Waals surface area contributed by atoms with Gasteiger partial charge in [0.15, 0.2) is 0 Å². The molecule has 0 atom stereocenters. The molecule has 0 bridgehead atoms. The molecule has 2 aromatic rings. The summed E-state index contributed by atoms with van der Waals surface area (Å²) in [5.41, 5.74) is 1.73. The Hall–Kier alpha value is -3.07. The second-order valence-electron chi connectivity index (χ2n) is 5.79. The van der Waals surface area contributed by atoms with Crippen LogP contribution in [0.25, 0.3) is 0 Å². The van der Waals surface area contributed by atoms with Gasteiger partial charge in [0.05, 0.1) is 29.1 Å². The van der Waals surface area contributed by atoms with E-state index < -0.39 is 21.8 Å². The summed E-state index contributed by atoms with van der Waals surface area (Å²) in [4.78, 5) is 23.2. The van der Waals surface area contributed by atoms with Crippen molar-refractivity contribution >= 4 is 38.9 Å². The minimum atomic E-state index is -3.93. The van der Waals surface area contributed by atoms with E-state index in [9.17, 15) is 18.0 Å². The van der Waals surface area contributed by atoms with Crippen molar-refractivity contribution < 1.29 is 22.7 Å². The summed E-state index contributed by atoms with van der Waals surface area (Å²) < 4.78 is 33.1. The molecule has 0 saturated heterocycles. The van der Waals surface area contributed by atoms with E-state index in [0.717, 1.165) is 5.56 Å². The SMILES string of the molecule is COc1ccc(C)cc1NS(=O)(=O)c1ccc2c(c1)NC(=O)CC(=O)N2. The van der Waals surface area contributed by atoms with E-state index in [2.05, 4.69) is 15.4 Å². The molecule has 0 aliphatic carbocycles. The van der Waals surface area contributed by atoms with Crippen LogP contribution in [0.1, 0.15) is 12.0 Å². The van der Waals surface area contributed by atoms with Crippen LogP contribution in [-0.4, -0.2) is 27.3 Å². The maximum absolute atomic E-state index is 12.7. The molecule has 2 amide bonds. The Labute approximate surface area is 150 Å². The maximum Gasteiger partial charge on any atom is 0.262 e. The van der Waals surface area contributed by atoms with Gasteiger partial charge in [0.1, 0.15) is 12.2 Å². The zero-order valence-corrected chi connectivity index (χ0v) is 14.9. The highest BCUT2D eigenvalue weighted by atomic mass is 32.2. The number of methoxy groups -OCH3 is 1. The van der Waals surface area contributed by atoms with Gasteiger partial charge >= 0.3 is 0 Å². The van der Waals surface area contributed by atoms with Gasteiger partial charge in [0.25, 0.3) is 10.0 Å². The van der Waals surface area contributed by atoms with Crippen LogP contribution in [0.2, 0.25) is 0 Å². The molecule has 2 aromatic carbocycles. The molecule has 1 heterocycles. The van der Waals surface area contributed by atoms with Crippen LogP contribution in [0.3, 0.4) is 0 Å². The van der Waals surface area contributed by atoms with Crippen LogP contribution in [0, 0.1) is 6.92 Å². The third kappa shape index (κ3) is 3.62. The van der Waals surface area contributed by atoms with Gasteiger partial charge in [0.2, 0.25) is 11.8 Å². The number of anilines is 3. The fourth-order valence-corrected chi connectivity index (χ4v) is 3.63. The minimum Gasteiger partial charge on any atom is -0.495 e. The van der Waals surface area contributed by atoms with E-state index in [1.54, 1.807) is 18.2 Å². The standard InChI is InChI=1S/C17H17N3O5S/c1-10-3-6-15(25-2)14(7-10)20-26(23,24)11-4-5-12-13(8-11)19-17(22)9-16(21)18-12/h3-8,20H,9H2,1-2H3,(H,18,21)(H,19,22). The monoisotopic (exact) mass is 375 g/mol. The number of benzene rings is 2. The number of sulfonamides is 1. The lowest BCUT2D eigenvalue weighted by Crippen LogP contribution is -2.16. The van der Waals surface area contributed by atoms with Gasteiger partial charge in [-0.2, -0.15) is 0 Å². The number of ether oxygens (including phenoxy) is 1. The summed E-state index contributed by atoms with van der Waals surface area (Å²) in [6.07, 6.45) is -0.324. The first-order chi connectivity index (χ1) is 12.3. The van der Waals surface area contributed by atoms with Crippen molar-refractivity contribution in [2.75, 3.05) is 22.5 Å². The Morgan fingerprint density at radius 2 is 1.69 bits per heavy atom. The smallest absolute Gasteiger partial charge is 0.262 e. The summed E-state index contributed by atoms with van der Waals surface area (Å²) in [6, 6.07) is 9.20. The predicted octanol–water partition coefficient (Wildman–Crippen LogP) is 2.09. The topological polar surface area (TPSA) is 114 Å². The number of hydrogen-bond donors (Lipinski definition) is 3. The van der Waals surface area contributed by atoms with Crippen molar-refractivity contribution in [2.24, 2.45) is 0 Å². The maximum atomic E-state index is 12.7. The lowest BCUT2D eigenvalue weighted by Gasteiger charge is -2.14. The lowest BCUT2D eigenvalue weighted by molar-refractivity contribution is -0.123. The number of hydrogen-bond acceptors (Lipinski definition) is 5. The van der Waals surface area contributed by atoms with E-state index in [0.29, 0.717) is 17.1 Å². The summed E-state index contributed by atoms with van der Waals surface area (Å²) in [7, 11) is -2.49. The highest BCUT2D eigenvalue weighted by molar-refractivity contribution is 7.92. The molecule has 0 unspecified atom stereocenters. The van der Waals surface area contributed by atoms with Crippen molar-refractivity contribution in [1.29, 1.82) is 0 Å². The summed E-state index contributed by atoms with van der Waals surface area (Å²) in [5.74, 6) is -0.585. The first-order valence-corrected chi connectivity index (χ1v) is 9.18. The molecule has 3 N–H and O–H groups in total. The normalized spacial score (nSPS) is 13.9. The summed E-state index contributed by atoms with van der Waals surface area (Å²) in [5, 5.41) is 5.07. The van der Waals surface area contributed by atoms with Gasteiger partial charge in [-0.05, 0) is 42.8 Å². The van der Waals surface area contributed by atoms with Gasteiger partial charge in [-0.15, -0.1) is 0 Å². The van der Waals surface area contributed by atoms with Crippen molar-refractivity contribution in [3.8, 4) is 5.75 Å². The molecule has 26 heavy (non-hydrogen) atoms. The van der Waals surface area contributed by atoms with E-state index in [4.69, 9.17) is 4.74 Å². The quantitative estimate of drug-likeness (QED) is 0.708. The van der Waals surface area contributed by atoms with E-state index in [-0.39, 0.29) is 17.0 Å². The number of fused-ring (bicyclic) bond motifs is 1. The van der Waals surface area contributed by atoms with Gasteiger partial charge in [-0.1, -0.05) is 6.07 Å². The summed E-state index contributed by atoms with van der Waals surface area (Å²) >= 11 is 0. The predicted molar refractivity (Wildman–Crippen MR) is 96.9 cm³/mol. The van der Waals surface area contributed by atoms with Crippen LogP contribution in [0.5, 0.6) is 5.75 Å². The van der Waals surface area contributed by atoms with Crippen LogP contribution in [0.15, 0.2) is 41.3 Å². The molecular formula is C17H17N3O5S. The molecule has 0 aromatic heterocycles. The second kappa shape index (κ2) is 6.68. The molecular weight excluding hydrogens is 358 g/mol. The molecule has 136 valence electrons. The fourth-order valence-electron chi connectivity index (χ4n) is 2.54. The van der Waals surface area contributed by atoms with Gasteiger partial charge < -0.3 is 15.4 Å². The summed E-state index contributed by atoms with van der Waals surface area (Å²) in [6.45, 7) is 1.83. The van der Waals surface area contributed by atoms with Gasteiger partial charge in [-0.3, -0.25) is 14.3 Å². The molecule has 9 heteroatoms. The number of rotatable bonds is 4. The Morgan fingerprint density at radius 3 is 2.38 bits per heavy atom. The van der Waals surface area contributed by atoms with Crippen LogP contribution < -0.4 is 20.1 Å². The molecule has 8 nitrogen and oxygen atoms in total. The number of nitrogens with one attached hydrogen (secondary N) is 3.